The van der Waals surface area contributed by atoms with Gasteiger partial charge in [-0.3, -0.25) is 9.59 Å². The number of amides is 1. The van der Waals surface area contributed by atoms with E-state index in [0.29, 0.717) is 36.8 Å². The number of nitrogens with zero attached hydrogens (tertiary/aromatic N) is 2. The molecule has 0 spiro atoms. The Bertz CT molecular complexity index is 772. The summed E-state index contributed by atoms with van der Waals surface area (Å²) in [5.74, 6) is 1.74. The van der Waals surface area contributed by atoms with Gasteiger partial charge in [-0.25, -0.2) is 0 Å². The van der Waals surface area contributed by atoms with Gasteiger partial charge in [-0.2, -0.15) is 0 Å². The van der Waals surface area contributed by atoms with Gasteiger partial charge in [0.05, 0.1) is 0 Å². The Morgan fingerprint density at radius 2 is 1.82 bits per heavy atom. The number of piperidine rings is 1. The van der Waals surface area contributed by atoms with Gasteiger partial charge < -0.3 is 9.80 Å². The van der Waals surface area contributed by atoms with Crippen LogP contribution in [0.5, 0.6) is 0 Å². The van der Waals surface area contributed by atoms with E-state index in [1.54, 1.807) is 0 Å². The fraction of sp³-hybridized carbons (Fsp3) is 0.862. The minimum atomic E-state index is -0.490. The van der Waals surface area contributed by atoms with Crippen LogP contribution < -0.4 is 0 Å². The average molecular weight is 457 g/mol. The second-order valence-corrected chi connectivity index (χ2v) is 12.1. The Kier molecular flexibility index (Phi) is 7.32. The molecule has 1 unspecified atom stereocenters. The average Bonchev–Trinajstić information content (AvgIpc) is 3.20. The largest absolute Gasteiger partial charge is 0.374 e. The van der Waals surface area contributed by atoms with Crippen LogP contribution in [-0.2, 0) is 9.59 Å². The van der Waals surface area contributed by atoms with Crippen LogP contribution in [-0.4, -0.2) is 47.7 Å². The number of allylic oxidation sites excluding steroid dienone is 2. The third kappa shape index (κ3) is 4.29. The van der Waals surface area contributed by atoms with Crippen LogP contribution in [0.3, 0.4) is 0 Å². The minimum absolute atomic E-state index is 0.0536. The summed E-state index contributed by atoms with van der Waals surface area (Å²) in [6.45, 7) is 14.8. The number of carbonyl (C=O) groups excluding carboxylic acids is 2. The van der Waals surface area contributed by atoms with Gasteiger partial charge >= 0.3 is 0 Å². The zero-order valence-corrected chi connectivity index (χ0v) is 22.0. The maximum absolute atomic E-state index is 13.4. The summed E-state index contributed by atoms with van der Waals surface area (Å²) in [5, 5.41) is 0. The lowest BCUT2D eigenvalue weighted by atomic mass is 9.49. The van der Waals surface area contributed by atoms with Crippen molar-refractivity contribution in [1.29, 1.82) is 0 Å². The van der Waals surface area contributed by atoms with Crippen molar-refractivity contribution in [3.05, 3.63) is 11.8 Å². The molecule has 4 nitrogen and oxygen atoms in total. The molecular weight excluding hydrogens is 408 g/mol. The summed E-state index contributed by atoms with van der Waals surface area (Å²) < 4.78 is 0. The molecule has 0 N–H and O–H groups in total. The number of fused-ring (bicyclic) bond motifs is 5. The Labute approximate surface area is 202 Å². The summed E-state index contributed by atoms with van der Waals surface area (Å²) in [5.41, 5.74) is 1.72. The number of carbonyl (C=O) groups is 2. The molecule has 0 radical (unpaired) electrons. The van der Waals surface area contributed by atoms with Crippen LogP contribution in [0.1, 0.15) is 98.8 Å². The first-order valence-corrected chi connectivity index (χ1v) is 14.1. The highest BCUT2D eigenvalue weighted by Gasteiger charge is 2.59. The molecule has 0 aromatic heterocycles. The van der Waals surface area contributed by atoms with E-state index in [0.717, 1.165) is 19.0 Å². The summed E-state index contributed by atoms with van der Waals surface area (Å²) in [7, 11) is 0. The molecular formula is C29H48N2O2. The predicted octanol–water partition coefficient (Wildman–Crippen LogP) is 6.06. The number of likely N-dealkylation sites (tertiary alicyclic amines) is 1. The Morgan fingerprint density at radius 3 is 2.52 bits per heavy atom. The van der Waals surface area contributed by atoms with Gasteiger partial charge in [0.15, 0.2) is 5.78 Å². The number of ketones is 1. The third-order valence-electron chi connectivity index (χ3n) is 10.3. The van der Waals surface area contributed by atoms with Gasteiger partial charge in [0, 0.05) is 43.4 Å². The smallest absolute Gasteiger partial charge is 0.233 e. The summed E-state index contributed by atoms with van der Waals surface area (Å²) >= 11 is 0. The molecule has 186 valence electrons. The highest BCUT2D eigenvalue weighted by molar-refractivity contribution is 6.08. The predicted molar refractivity (Wildman–Crippen MR) is 135 cm³/mol. The maximum Gasteiger partial charge on any atom is 0.233 e. The highest BCUT2D eigenvalue weighted by atomic mass is 16.2. The second kappa shape index (κ2) is 9.74. The molecule has 33 heavy (non-hydrogen) atoms. The van der Waals surface area contributed by atoms with Gasteiger partial charge in [-0.1, -0.05) is 46.5 Å². The fourth-order valence-corrected chi connectivity index (χ4v) is 8.41. The molecule has 4 rings (SSSR count). The number of rotatable bonds is 8. The first-order valence-electron chi connectivity index (χ1n) is 14.1. The molecule has 1 heterocycles. The van der Waals surface area contributed by atoms with Crippen molar-refractivity contribution in [2.75, 3.05) is 26.2 Å². The molecule has 0 aromatic rings. The minimum Gasteiger partial charge on any atom is -0.374 e. The van der Waals surface area contributed by atoms with Crippen molar-refractivity contribution in [1.82, 2.24) is 9.80 Å². The van der Waals surface area contributed by atoms with Crippen LogP contribution in [0.4, 0.5) is 0 Å². The van der Waals surface area contributed by atoms with Gasteiger partial charge in [0.25, 0.3) is 0 Å². The molecule has 6 atom stereocenters. The van der Waals surface area contributed by atoms with Crippen LogP contribution in [0, 0.1) is 34.5 Å². The monoisotopic (exact) mass is 456 g/mol. The second-order valence-electron chi connectivity index (χ2n) is 12.1. The van der Waals surface area contributed by atoms with Gasteiger partial charge in [0.2, 0.25) is 5.91 Å². The van der Waals surface area contributed by atoms with Crippen LogP contribution >= 0.6 is 0 Å². The third-order valence-corrected chi connectivity index (χ3v) is 10.3. The van der Waals surface area contributed by atoms with Crippen molar-refractivity contribution in [2.24, 2.45) is 34.5 Å². The number of hydrogen-bond acceptors (Lipinski definition) is 3. The molecule has 1 amide bonds. The lowest BCUT2D eigenvalue weighted by molar-refractivity contribution is -0.144. The van der Waals surface area contributed by atoms with E-state index < -0.39 is 5.92 Å². The summed E-state index contributed by atoms with van der Waals surface area (Å²) in [6.07, 6.45) is 14.4. The first kappa shape index (κ1) is 24.8. The van der Waals surface area contributed by atoms with E-state index in [-0.39, 0.29) is 17.1 Å². The molecule has 2 saturated carbocycles. The summed E-state index contributed by atoms with van der Waals surface area (Å²) in [4.78, 5) is 31.2. The van der Waals surface area contributed by atoms with E-state index in [4.69, 9.17) is 0 Å². The molecule has 1 aliphatic heterocycles. The Hall–Kier alpha value is -1.32. The van der Waals surface area contributed by atoms with Crippen LogP contribution in [0.2, 0.25) is 0 Å². The first-order chi connectivity index (χ1) is 15.8. The van der Waals surface area contributed by atoms with E-state index >= 15 is 0 Å². The van der Waals surface area contributed by atoms with E-state index in [1.807, 2.05) is 24.8 Å². The van der Waals surface area contributed by atoms with Gasteiger partial charge in [-0.05, 0) is 75.5 Å². The van der Waals surface area contributed by atoms with Crippen LogP contribution in [0.15, 0.2) is 11.8 Å². The van der Waals surface area contributed by atoms with Crippen LogP contribution in [0.25, 0.3) is 0 Å². The van der Waals surface area contributed by atoms with Crippen molar-refractivity contribution < 1.29 is 9.59 Å². The standard InChI is InChI=1S/C29H48N2O2/c1-6-9-10-11-17-31-20-22-23-13-12-15-28(23,4)16-14-24(22)29(5)19-21(25(32)18-26(29)31)27(33)30(7-2)8-3/h18,21-24H,6-17,19-20H2,1-5H3/t21?,22-,23-,24+,28-,29+/m0/s1. The molecule has 1 saturated heterocycles. The van der Waals surface area contributed by atoms with Gasteiger partial charge in [0.1, 0.15) is 5.92 Å². The SMILES string of the molecule is CCCCCCN1C[C@@H]2[C@@H](CC[C@]3(C)CCC[C@@H]23)[C@@]2(C)CC(C(=O)N(CC)CC)C(=O)C=C12. The molecule has 3 aliphatic carbocycles. The quantitative estimate of drug-likeness (QED) is 0.329. The number of hydrogen-bond donors (Lipinski definition) is 0. The highest BCUT2D eigenvalue weighted by Crippen LogP contribution is 2.64. The molecule has 0 aromatic carbocycles. The lowest BCUT2D eigenvalue weighted by Crippen LogP contribution is -2.59. The van der Waals surface area contributed by atoms with Crippen molar-refractivity contribution >= 4 is 11.7 Å². The zero-order valence-electron chi connectivity index (χ0n) is 22.0. The maximum atomic E-state index is 13.4. The fourth-order valence-electron chi connectivity index (χ4n) is 8.41. The van der Waals surface area contributed by atoms with Crippen molar-refractivity contribution in [3.63, 3.8) is 0 Å². The van der Waals surface area contributed by atoms with E-state index in [9.17, 15) is 9.59 Å². The van der Waals surface area contributed by atoms with Crippen molar-refractivity contribution in [2.45, 2.75) is 98.8 Å². The van der Waals surface area contributed by atoms with E-state index in [2.05, 4.69) is 25.7 Å². The normalized spacial score (nSPS) is 37.8. The molecule has 3 fully saturated rings. The molecule has 4 aliphatic rings. The lowest BCUT2D eigenvalue weighted by Gasteiger charge is -2.61. The van der Waals surface area contributed by atoms with Gasteiger partial charge in [-0.15, -0.1) is 0 Å². The zero-order chi connectivity index (χ0) is 23.8. The Balaban J connectivity index is 1.67. The Morgan fingerprint density at radius 1 is 1.06 bits per heavy atom. The molecule has 0 bridgehead atoms. The van der Waals surface area contributed by atoms with Crippen molar-refractivity contribution in [3.8, 4) is 0 Å². The molecule has 4 heteroatoms. The number of unbranched alkanes of at least 4 members (excludes halogenated alkanes) is 3. The van der Waals surface area contributed by atoms with E-state index in [1.165, 1.54) is 63.5 Å². The topological polar surface area (TPSA) is 40.6 Å². The summed E-state index contributed by atoms with van der Waals surface area (Å²) in [6, 6.07) is 0.